The molecule has 1 atom stereocenters. The van der Waals surface area contributed by atoms with Gasteiger partial charge in [0.15, 0.2) is 0 Å². The topological polar surface area (TPSA) is 62.7 Å². The van der Waals surface area contributed by atoms with Crippen molar-refractivity contribution in [3.8, 4) is 11.6 Å². The van der Waals surface area contributed by atoms with Crippen LogP contribution in [-0.4, -0.2) is 34.6 Å². The van der Waals surface area contributed by atoms with E-state index in [0.29, 0.717) is 18.0 Å². The molecule has 0 radical (unpaired) electrons. The van der Waals surface area contributed by atoms with E-state index < -0.39 is 0 Å². The molecule has 5 nitrogen and oxygen atoms in total. The average Bonchev–Trinajstić information content (AvgIpc) is 2.55. The van der Waals surface area contributed by atoms with Gasteiger partial charge in [-0.25, -0.2) is 4.98 Å². The molecule has 1 aromatic heterocycles. The van der Waals surface area contributed by atoms with E-state index in [1.807, 2.05) is 17.9 Å². The number of ether oxygens (including phenoxy) is 1. The SMILES string of the molecule is COc1ccc(C(=O)N2CCc3ccc(O)cc3C2C)cn1. The summed E-state index contributed by atoms with van der Waals surface area (Å²) in [5.74, 6) is 0.654. The normalized spacial score (nSPS) is 17.0. The van der Waals surface area contributed by atoms with Crippen molar-refractivity contribution in [2.75, 3.05) is 13.7 Å². The van der Waals surface area contributed by atoms with Crippen molar-refractivity contribution in [2.45, 2.75) is 19.4 Å². The van der Waals surface area contributed by atoms with Crippen molar-refractivity contribution < 1.29 is 14.6 Å². The van der Waals surface area contributed by atoms with Crippen molar-refractivity contribution in [1.29, 1.82) is 0 Å². The Kier molecular flexibility index (Phi) is 3.71. The summed E-state index contributed by atoms with van der Waals surface area (Å²) in [7, 11) is 1.54. The molecule has 1 amide bonds. The van der Waals surface area contributed by atoms with Gasteiger partial charge in [-0.05, 0) is 42.7 Å². The van der Waals surface area contributed by atoms with Crippen LogP contribution in [0.1, 0.15) is 34.5 Å². The summed E-state index contributed by atoms with van der Waals surface area (Å²) in [5, 5.41) is 9.68. The summed E-state index contributed by atoms with van der Waals surface area (Å²) >= 11 is 0. The zero-order valence-electron chi connectivity index (χ0n) is 12.6. The zero-order valence-corrected chi connectivity index (χ0v) is 12.6. The molecule has 114 valence electrons. The second kappa shape index (κ2) is 5.67. The number of rotatable bonds is 2. The highest BCUT2D eigenvalue weighted by Gasteiger charge is 2.28. The number of aromatic hydroxyl groups is 1. The van der Waals surface area contributed by atoms with Gasteiger partial charge in [0.25, 0.3) is 5.91 Å². The van der Waals surface area contributed by atoms with E-state index in [0.717, 1.165) is 12.0 Å². The van der Waals surface area contributed by atoms with Gasteiger partial charge in [0, 0.05) is 18.8 Å². The van der Waals surface area contributed by atoms with Gasteiger partial charge in [-0.1, -0.05) is 6.07 Å². The number of fused-ring (bicyclic) bond motifs is 1. The highest BCUT2D eigenvalue weighted by atomic mass is 16.5. The van der Waals surface area contributed by atoms with Crippen molar-refractivity contribution >= 4 is 5.91 Å². The molecular weight excluding hydrogens is 280 g/mol. The first-order chi connectivity index (χ1) is 10.6. The van der Waals surface area contributed by atoms with Crippen LogP contribution in [0.5, 0.6) is 11.6 Å². The predicted octanol–water partition coefficient (Wildman–Crippen LogP) is 2.56. The third-order valence-corrected chi connectivity index (χ3v) is 4.12. The molecular formula is C17H18N2O3. The number of pyridine rings is 1. The van der Waals surface area contributed by atoms with Crippen LogP contribution in [0.4, 0.5) is 0 Å². The Balaban J connectivity index is 1.87. The lowest BCUT2D eigenvalue weighted by Crippen LogP contribution is -2.38. The molecule has 2 aromatic rings. The highest BCUT2D eigenvalue weighted by molar-refractivity contribution is 5.94. The van der Waals surface area contributed by atoms with Crippen LogP contribution < -0.4 is 4.74 Å². The molecule has 1 aliphatic heterocycles. The van der Waals surface area contributed by atoms with Crippen LogP contribution in [0.15, 0.2) is 36.5 Å². The van der Waals surface area contributed by atoms with Gasteiger partial charge in [0.2, 0.25) is 5.88 Å². The number of methoxy groups -OCH3 is 1. The quantitative estimate of drug-likeness (QED) is 0.925. The molecule has 0 fully saturated rings. The van der Waals surface area contributed by atoms with E-state index in [4.69, 9.17) is 4.74 Å². The molecule has 0 spiro atoms. The van der Waals surface area contributed by atoms with E-state index in [-0.39, 0.29) is 17.7 Å². The highest BCUT2D eigenvalue weighted by Crippen LogP contribution is 2.32. The molecule has 0 aliphatic carbocycles. The molecule has 1 aliphatic rings. The molecule has 0 saturated carbocycles. The lowest BCUT2D eigenvalue weighted by molar-refractivity contribution is 0.0677. The van der Waals surface area contributed by atoms with Crippen LogP contribution in [0.3, 0.4) is 0 Å². The monoisotopic (exact) mass is 298 g/mol. The lowest BCUT2D eigenvalue weighted by Gasteiger charge is -2.35. The average molecular weight is 298 g/mol. The van der Waals surface area contributed by atoms with E-state index in [9.17, 15) is 9.90 Å². The summed E-state index contributed by atoms with van der Waals surface area (Å²) in [6.45, 7) is 2.64. The zero-order chi connectivity index (χ0) is 15.7. The maximum absolute atomic E-state index is 12.7. The standard InChI is InChI=1S/C17H18N2O3/c1-11-15-9-14(20)5-3-12(15)7-8-19(11)17(21)13-4-6-16(22-2)18-10-13/h3-6,9-11,20H,7-8H2,1-2H3. The first-order valence-electron chi connectivity index (χ1n) is 7.23. The predicted molar refractivity (Wildman–Crippen MR) is 82.1 cm³/mol. The number of phenolic OH excluding ortho intramolecular Hbond substituents is 1. The van der Waals surface area contributed by atoms with Crippen molar-refractivity contribution in [2.24, 2.45) is 0 Å². The van der Waals surface area contributed by atoms with Gasteiger partial charge in [-0.2, -0.15) is 0 Å². The van der Waals surface area contributed by atoms with Crippen LogP contribution in [0.2, 0.25) is 0 Å². The summed E-state index contributed by atoms with van der Waals surface area (Å²) in [5.41, 5.74) is 2.72. The fourth-order valence-electron chi connectivity index (χ4n) is 2.87. The van der Waals surface area contributed by atoms with Crippen LogP contribution in [-0.2, 0) is 6.42 Å². The maximum Gasteiger partial charge on any atom is 0.255 e. The Hall–Kier alpha value is -2.56. The fourth-order valence-corrected chi connectivity index (χ4v) is 2.87. The van der Waals surface area contributed by atoms with Gasteiger partial charge in [-0.15, -0.1) is 0 Å². The number of aromatic nitrogens is 1. The fraction of sp³-hybridized carbons (Fsp3) is 0.294. The summed E-state index contributed by atoms with van der Waals surface area (Å²) < 4.78 is 5.01. The van der Waals surface area contributed by atoms with E-state index in [1.54, 1.807) is 31.4 Å². The first kappa shape index (κ1) is 14.4. The van der Waals surface area contributed by atoms with Crippen LogP contribution in [0.25, 0.3) is 0 Å². The number of carbonyl (C=O) groups is 1. The molecule has 0 saturated heterocycles. The molecule has 3 rings (SSSR count). The number of amides is 1. The molecule has 1 unspecified atom stereocenters. The smallest absolute Gasteiger partial charge is 0.255 e. The van der Waals surface area contributed by atoms with Gasteiger partial charge in [0.1, 0.15) is 5.75 Å². The van der Waals surface area contributed by atoms with E-state index in [2.05, 4.69) is 4.98 Å². The minimum absolute atomic E-state index is 0.0587. The van der Waals surface area contributed by atoms with Crippen molar-refractivity contribution in [3.63, 3.8) is 0 Å². The molecule has 2 heterocycles. The molecule has 1 N–H and O–H groups in total. The molecule has 1 aromatic carbocycles. The summed E-state index contributed by atoms with van der Waals surface area (Å²) in [6, 6.07) is 8.69. The van der Waals surface area contributed by atoms with E-state index in [1.165, 1.54) is 11.8 Å². The Bertz CT molecular complexity index is 698. The number of hydrogen-bond donors (Lipinski definition) is 1. The lowest BCUT2D eigenvalue weighted by atomic mass is 9.93. The Morgan fingerprint density at radius 3 is 2.86 bits per heavy atom. The van der Waals surface area contributed by atoms with Crippen molar-refractivity contribution in [3.05, 3.63) is 53.2 Å². The van der Waals surface area contributed by atoms with Crippen molar-refractivity contribution in [1.82, 2.24) is 9.88 Å². The second-order valence-electron chi connectivity index (χ2n) is 5.40. The van der Waals surface area contributed by atoms with Gasteiger partial charge >= 0.3 is 0 Å². The largest absolute Gasteiger partial charge is 0.508 e. The first-order valence-corrected chi connectivity index (χ1v) is 7.23. The third kappa shape index (κ3) is 2.50. The van der Waals surface area contributed by atoms with Crippen LogP contribution >= 0.6 is 0 Å². The van der Waals surface area contributed by atoms with Gasteiger partial charge in [0.05, 0.1) is 18.7 Å². The molecule has 5 heteroatoms. The number of carbonyl (C=O) groups excluding carboxylic acids is 1. The number of nitrogens with zero attached hydrogens (tertiary/aromatic N) is 2. The minimum atomic E-state index is -0.0783. The minimum Gasteiger partial charge on any atom is -0.508 e. The molecule has 0 bridgehead atoms. The van der Waals surface area contributed by atoms with Gasteiger partial charge < -0.3 is 14.7 Å². The third-order valence-electron chi connectivity index (χ3n) is 4.12. The summed E-state index contributed by atoms with van der Waals surface area (Å²) in [4.78, 5) is 18.6. The Morgan fingerprint density at radius 2 is 2.18 bits per heavy atom. The van der Waals surface area contributed by atoms with E-state index >= 15 is 0 Å². The number of phenols is 1. The maximum atomic E-state index is 12.7. The Morgan fingerprint density at radius 1 is 1.36 bits per heavy atom. The van der Waals surface area contributed by atoms with Crippen LogP contribution in [0, 0.1) is 0 Å². The molecule has 22 heavy (non-hydrogen) atoms. The summed E-state index contributed by atoms with van der Waals surface area (Å²) in [6.07, 6.45) is 2.32. The number of hydrogen-bond acceptors (Lipinski definition) is 4. The Labute approximate surface area is 129 Å². The second-order valence-corrected chi connectivity index (χ2v) is 5.40. The van der Waals surface area contributed by atoms with Gasteiger partial charge in [-0.3, -0.25) is 4.79 Å². The number of benzene rings is 1.